The second-order valence-electron chi connectivity index (χ2n) is 5.55. The van der Waals surface area contributed by atoms with Crippen LogP contribution >= 0.6 is 0 Å². The summed E-state index contributed by atoms with van der Waals surface area (Å²) in [5.41, 5.74) is -0.208. The minimum atomic E-state index is -0.422. The van der Waals surface area contributed by atoms with Crippen LogP contribution < -0.4 is 16.6 Å². The SMILES string of the molecule is CCCCn1c(=O)c2ccccc2n(CC(=O)NCCC)c1=O. The minimum Gasteiger partial charge on any atom is -0.355 e. The first-order chi connectivity index (χ1) is 11.1. The van der Waals surface area contributed by atoms with Crippen molar-refractivity contribution in [1.82, 2.24) is 14.5 Å². The zero-order valence-corrected chi connectivity index (χ0v) is 13.7. The van der Waals surface area contributed by atoms with E-state index in [1.807, 2.05) is 13.8 Å². The number of nitrogens with zero attached hydrogens (tertiary/aromatic N) is 2. The number of carbonyl (C=O) groups excluding carboxylic acids is 1. The highest BCUT2D eigenvalue weighted by molar-refractivity contribution is 5.81. The average Bonchev–Trinajstić information content (AvgIpc) is 2.56. The fraction of sp³-hybridized carbons (Fsp3) is 0.471. The standard InChI is InChI=1S/C17H23N3O3/c1-3-5-11-19-16(22)13-8-6-7-9-14(13)20(17(19)23)12-15(21)18-10-4-2/h6-9H,3-5,10-12H2,1-2H3,(H,18,21). The van der Waals surface area contributed by atoms with Gasteiger partial charge in [-0.15, -0.1) is 0 Å². The number of hydrogen-bond donors (Lipinski definition) is 1. The van der Waals surface area contributed by atoms with E-state index in [1.54, 1.807) is 24.3 Å². The van der Waals surface area contributed by atoms with Gasteiger partial charge in [-0.2, -0.15) is 0 Å². The van der Waals surface area contributed by atoms with Crippen molar-refractivity contribution in [3.05, 3.63) is 45.1 Å². The summed E-state index contributed by atoms with van der Waals surface area (Å²) in [4.78, 5) is 37.2. The van der Waals surface area contributed by atoms with Crippen molar-refractivity contribution in [2.75, 3.05) is 6.54 Å². The second-order valence-corrected chi connectivity index (χ2v) is 5.55. The summed E-state index contributed by atoms with van der Waals surface area (Å²) in [6.07, 6.45) is 2.46. The van der Waals surface area contributed by atoms with Gasteiger partial charge < -0.3 is 5.32 Å². The van der Waals surface area contributed by atoms with Crippen LogP contribution in [-0.2, 0) is 17.9 Å². The summed E-state index contributed by atoms with van der Waals surface area (Å²) in [6, 6.07) is 6.92. The molecule has 0 bridgehead atoms. The largest absolute Gasteiger partial charge is 0.355 e. The van der Waals surface area contributed by atoms with Crippen LogP contribution in [0.15, 0.2) is 33.9 Å². The summed E-state index contributed by atoms with van der Waals surface area (Å²) in [6.45, 7) is 4.83. The molecular weight excluding hydrogens is 294 g/mol. The molecule has 1 aromatic carbocycles. The summed E-state index contributed by atoms with van der Waals surface area (Å²) < 4.78 is 2.62. The van der Waals surface area contributed by atoms with Crippen molar-refractivity contribution in [2.45, 2.75) is 46.2 Å². The number of carbonyl (C=O) groups is 1. The molecule has 0 spiro atoms. The minimum absolute atomic E-state index is 0.0776. The predicted octanol–water partition coefficient (Wildman–Crippen LogP) is 1.49. The van der Waals surface area contributed by atoms with Crippen molar-refractivity contribution in [2.24, 2.45) is 0 Å². The molecule has 6 heteroatoms. The molecule has 0 aliphatic carbocycles. The Labute approximate surface area is 134 Å². The number of fused-ring (bicyclic) bond motifs is 1. The van der Waals surface area contributed by atoms with E-state index in [0.29, 0.717) is 24.0 Å². The van der Waals surface area contributed by atoms with Crippen molar-refractivity contribution >= 4 is 16.8 Å². The van der Waals surface area contributed by atoms with E-state index in [4.69, 9.17) is 0 Å². The maximum atomic E-state index is 12.7. The molecular formula is C17H23N3O3. The molecule has 0 radical (unpaired) electrons. The normalized spacial score (nSPS) is 10.9. The number of benzene rings is 1. The molecule has 0 aliphatic rings. The third-order valence-corrected chi connectivity index (χ3v) is 3.74. The fourth-order valence-corrected chi connectivity index (χ4v) is 2.50. The van der Waals surface area contributed by atoms with E-state index in [9.17, 15) is 14.4 Å². The number of aromatic nitrogens is 2. The van der Waals surface area contributed by atoms with Gasteiger partial charge in [-0.1, -0.05) is 32.4 Å². The van der Waals surface area contributed by atoms with Crippen LogP contribution in [0.25, 0.3) is 10.9 Å². The first-order valence-electron chi connectivity index (χ1n) is 8.09. The third-order valence-electron chi connectivity index (χ3n) is 3.74. The van der Waals surface area contributed by atoms with Gasteiger partial charge in [-0.25, -0.2) is 4.79 Å². The summed E-state index contributed by atoms with van der Waals surface area (Å²) >= 11 is 0. The van der Waals surface area contributed by atoms with Crippen LogP contribution in [0.4, 0.5) is 0 Å². The zero-order chi connectivity index (χ0) is 16.8. The molecule has 1 amide bonds. The predicted molar refractivity (Wildman–Crippen MR) is 90.7 cm³/mol. The topological polar surface area (TPSA) is 73.1 Å². The molecule has 1 N–H and O–H groups in total. The molecule has 2 aromatic rings. The van der Waals surface area contributed by atoms with E-state index in [-0.39, 0.29) is 18.0 Å². The van der Waals surface area contributed by atoms with E-state index in [0.717, 1.165) is 19.3 Å². The molecule has 0 saturated carbocycles. The maximum Gasteiger partial charge on any atom is 0.331 e. The van der Waals surface area contributed by atoms with Crippen molar-refractivity contribution < 1.29 is 4.79 Å². The Balaban J connectivity index is 2.55. The summed E-state index contributed by atoms with van der Waals surface area (Å²) in [5, 5.41) is 3.23. The Hall–Kier alpha value is -2.37. The average molecular weight is 317 g/mol. The first kappa shape index (κ1) is 17.0. The van der Waals surface area contributed by atoms with E-state index in [1.165, 1.54) is 9.13 Å². The number of rotatable bonds is 7. The Morgan fingerprint density at radius 1 is 1.09 bits per heavy atom. The lowest BCUT2D eigenvalue weighted by atomic mass is 10.2. The maximum absolute atomic E-state index is 12.7. The van der Waals surface area contributed by atoms with Crippen LogP contribution in [0, 0.1) is 0 Å². The van der Waals surface area contributed by atoms with Gasteiger partial charge in [0.2, 0.25) is 5.91 Å². The van der Waals surface area contributed by atoms with Gasteiger partial charge in [0.15, 0.2) is 0 Å². The fourth-order valence-electron chi connectivity index (χ4n) is 2.50. The Morgan fingerprint density at radius 3 is 2.52 bits per heavy atom. The van der Waals surface area contributed by atoms with Gasteiger partial charge >= 0.3 is 5.69 Å². The zero-order valence-electron chi connectivity index (χ0n) is 13.7. The number of hydrogen-bond acceptors (Lipinski definition) is 3. The second kappa shape index (κ2) is 7.76. The number of amides is 1. The van der Waals surface area contributed by atoms with Gasteiger partial charge in [0.1, 0.15) is 6.54 Å². The van der Waals surface area contributed by atoms with Crippen LogP contribution in [-0.4, -0.2) is 21.6 Å². The van der Waals surface area contributed by atoms with Crippen LogP contribution in [0.1, 0.15) is 33.1 Å². The highest BCUT2D eigenvalue weighted by Gasteiger charge is 2.14. The number of unbranched alkanes of at least 4 members (excludes halogenated alkanes) is 1. The highest BCUT2D eigenvalue weighted by atomic mass is 16.2. The molecule has 0 saturated heterocycles. The molecule has 2 rings (SSSR count). The molecule has 124 valence electrons. The van der Waals surface area contributed by atoms with Crippen LogP contribution in [0.2, 0.25) is 0 Å². The van der Waals surface area contributed by atoms with Gasteiger partial charge in [0.05, 0.1) is 10.9 Å². The van der Waals surface area contributed by atoms with E-state index in [2.05, 4.69) is 5.32 Å². The molecule has 0 aliphatic heterocycles. The van der Waals surface area contributed by atoms with Crippen LogP contribution in [0.5, 0.6) is 0 Å². The molecule has 0 unspecified atom stereocenters. The summed E-state index contributed by atoms with van der Waals surface area (Å²) in [7, 11) is 0. The quantitative estimate of drug-likeness (QED) is 0.841. The van der Waals surface area contributed by atoms with Crippen molar-refractivity contribution in [1.29, 1.82) is 0 Å². The molecule has 6 nitrogen and oxygen atoms in total. The monoisotopic (exact) mass is 317 g/mol. The van der Waals surface area contributed by atoms with Crippen molar-refractivity contribution in [3.8, 4) is 0 Å². The summed E-state index contributed by atoms with van der Waals surface area (Å²) in [5.74, 6) is -0.222. The molecule has 0 atom stereocenters. The molecule has 23 heavy (non-hydrogen) atoms. The molecule has 1 heterocycles. The lowest BCUT2D eigenvalue weighted by molar-refractivity contribution is -0.121. The van der Waals surface area contributed by atoms with E-state index >= 15 is 0 Å². The highest BCUT2D eigenvalue weighted by Crippen LogP contribution is 2.07. The number of para-hydroxylation sites is 1. The van der Waals surface area contributed by atoms with Crippen molar-refractivity contribution in [3.63, 3.8) is 0 Å². The van der Waals surface area contributed by atoms with Crippen LogP contribution in [0.3, 0.4) is 0 Å². The first-order valence-corrected chi connectivity index (χ1v) is 8.09. The lowest BCUT2D eigenvalue weighted by Crippen LogP contribution is -2.42. The molecule has 1 aromatic heterocycles. The Morgan fingerprint density at radius 2 is 1.83 bits per heavy atom. The lowest BCUT2D eigenvalue weighted by Gasteiger charge is -2.13. The molecule has 0 fully saturated rings. The van der Waals surface area contributed by atoms with Gasteiger partial charge in [0, 0.05) is 13.1 Å². The number of nitrogens with one attached hydrogen (secondary N) is 1. The third kappa shape index (κ3) is 3.70. The Kier molecular flexibility index (Phi) is 5.73. The Bertz CT molecular complexity index is 805. The van der Waals surface area contributed by atoms with Gasteiger partial charge in [-0.05, 0) is 25.0 Å². The van der Waals surface area contributed by atoms with E-state index < -0.39 is 5.69 Å². The smallest absolute Gasteiger partial charge is 0.331 e. The van der Waals surface area contributed by atoms with Gasteiger partial charge in [0.25, 0.3) is 5.56 Å². The van der Waals surface area contributed by atoms with Gasteiger partial charge in [-0.3, -0.25) is 18.7 Å².